The molecule has 0 aliphatic carbocycles. The number of hydrogen-bond donors (Lipinski definition) is 0. The summed E-state index contributed by atoms with van der Waals surface area (Å²) in [7, 11) is 1.34. The van der Waals surface area contributed by atoms with Crippen LogP contribution in [0.15, 0.2) is 35.7 Å². The van der Waals surface area contributed by atoms with Crippen LogP contribution in [-0.4, -0.2) is 18.1 Å². The number of rotatable bonds is 3. The summed E-state index contributed by atoms with van der Waals surface area (Å²) in [6, 6.07) is 0. The van der Waals surface area contributed by atoms with Gasteiger partial charge in [0, 0.05) is 12.7 Å². The molecule has 15 heavy (non-hydrogen) atoms. The van der Waals surface area contributed by atoms with E-state index in [-0.39, 0.29) is 5.57 Å². The van der Waals surface area contributed by atoms with E-state index in [2.05, 4.69) is 13.2 Å². The molecule has 0 radical (unpaired) electrons. The molecule has 0 aromatic rings. The van der Waals surface area contributed by atoms with Gasteiger partial charge in [-0.25, -0.2) is 0 Å². The number of alkyl halides is 3. The van der Waals surface area contributed by atoms with E-state index in [1.807, 2.05) is 0 Å². The minimum Gasteiger partial charge on any atom is -0.345 e. The lowest BCUT2D eigenvalue weighted by Gasteiger charge is -2.26. The molecule has 0 saturated carbocycles. The Balaban J connectivity index is 5.55. The van der Waals surface area contributed by atoms with Crippen LogP contribution in [-0.2, 0) is 0 Å². The zero-order chi connectivity index (χ0) is 12.4. The largest absolute Gasteiger partial charge is 0.431 e. The van der Waals surface area contributed by atoms with E-state index in [9.17, 15) is 13.2 Å². The first kappa shape index (κ1) is 13.8. The lowest BCUT2D eigenvalue weighted by molar-refractivity contribution is -0.107. The smallest absolute Gasteiger partial charge is 0.345 e. The Hall–Kier alpha value is -1.19. The molecular weight excluding hydrogens is 203 g/mol. The number of nitrogens with zero attached hydrogens (tertiary/aromatic N) is 1. The van der Waals surface area contributed by atoms with E-state index in [1.54, 1.807) is 6.92 Å². The van der Waals surface area contributed by atoms with Crippen molar-refractivity contribution < 1.29 is 13.2 Å². The van der Waals surface area contributed by atoms with Crippen molar-refractivity contribution in [2.75, 3.05) is 7.05 Å². The molecule has 0 N–H and O–H groups in total. The van der Waals surface area contributed by atoms with E-state index < -0.39 is 11.9 Å². The molecule has 86 valence electrons. The maximum atomic E-state index is 12.8. The van der Waals surface area contributed by atoms with Gasteiger partial charge in [-0.1, -0.05) is 18.7 Å². The topological polar surface area (TPSA) is 3.24 Å². The Morgan fingerprint density at radius 2 is 1.47 bits per heavy atom. The van der Waals surface area contributed by atoms with Crippen LogP contribution in [0.5, 0.6) is 0 Å². The number of halogens is 3. The molecule has 0 bridgehead atoms. The summed E-state index contributed by atoms with van der Waals surface area (Å²) in [4.78, 5) is 1.03. The zero-order valence-corrected chi connectivity index (χ0v) is 9.50. The third kappa shape index (κ3) is 3.46. The molecule has 0 spiro atoms. The lowest BCUT2D eigenvalue weighted by Crippen LogP contribution is -2.28. The minimum atomic E-state index is -4.39. The summed E-state index contributed by atoms with van der Waals surface area (Å²) in [6.45, 7) is 11.5. The minimum absolute atomic E-state index is 0.132. The van der Waals surface area contributed by atoms with E-state index in [4.69, 9.17) is 0 Å². The standard InChI is InChI=1S/C11H16F3N/c1-7(2)9(5)10(11(12,13)14)15(6)8(3)4/h1,3H2,2,4-6H3/b10-9-. The second-order valence-electron chi connectivity index (χ2n) is 3.55. The molecule has 0 rings (SSSR count). The van der Waals surface area contributed by atoms with Crippen LogP contribution in [0, 0.1) is 0 Å². The molecule has 0 atom stereocenters. The van der Waals surface area contributed by atoms with Gasteiger partial charge in [0.25, 0.3) is 0 Å². The third-order valence-electron chi connectivity index (χ3n) is 2.17. The molecule has 0 heterocycles. The first-order valence-electron chi connectivity index (χ1n) is 4.42. The molecular formula is C11H16F3N. The van der Waals surface area contributed by atoms with E-state index in [0.29, 0.717) is 11.3 Å². The van der Waals surface area contributed by atoms with Crippen LogP contribution in [0.4, 0.5) is 13.2 Å². The first-order valence-corrected chi connectivity index (χ1v) is 4.42. The number of allylic oxidation sites excluding steroid dienone is 4. The van der Waals surface area contributed by atoms with Crippen LogP contribution in [0.1, 0.15) is 20.8 Å². The van der Waals surface area contributed by atoms with Gasteiger partial charge in [0.2, 0.25) is 0 Å². The van der Waals surface area contributed by atoms with Crippen molar-refractivity contribution in [2.45, 2.75) is 26.9 Å². The average molecular weight is 219 g/mol. The molecule has 0 aliphatic rings. The Labute approximate surface area is 88.6 Å². The van der Waals surface area contributed by atoms with Crippen molar-refractivity contribution in [1.29, 1.82) is 0 Å². The predicted molar refractivity (Wildman–Crippen MR) is 56.1 cm³/mol. The van der Waals surface area contributed by atoms with Crippen LogP contribution >= 0.6 is 0 Å². The van der Waals surface area contributed by atoms with Gasteiger partial charge < -0.3 is 4.90 Å². The molecule has 0 aliphatic heterocycles. The molecule has 1 nitrogen and oxygen atoms in total. The molecule has 0 amide bonds. The lowest BCUT2D eigenvalue weighted by atomic mass is 10.1. The van der Waals surface area contributed by atoms with Gasteiger partial charge in [-0.15, -0.1) is 0 Å². The fourth-order valence-corrected chi connectivity index (χ4v) is 1.05. The van der Waals surface area contributed by atoms with Crippen LogP contribution in [0.25, 0.3) is 0 Å². The van der Waals surface area contributed by atoms with Gasteiger partial charge in [0.05, 0.1) is 0 Å². The average Bonchev–Trinajstić information content (AvgIpc) is 2.01. The monoisotopic (exact) mass is 219 g/mol. The third-order valence-corrected chi connectivity index (χ3v) is 2.17. The van der Waals surface area contributed by atoms with Gasteiger partial charge in [0.15, 0.2) is 0 Å². The van der Waals surface area contributed by atoms with Gasteiger partial charge in [-0.05, 0) is 26.3 Å². The quantitative estimate of drug-likeness (QED) is 0.651. The Morgan fingerprint density at radius 3 is 1.67 bits per heavy atom. The molecule has 0 fully saturated rings. The Morgan fingerprint density at radius 1 is 1.07 bits per heavy atom. The van der Waals surface area contributed by atoms with Crippen molar-refractivity contribution in [3.05, 3.63) is 35.7 Å². The van der Waals surface area contributed by atoms with Crippen LogP contribution in [0.3, 0.4) is 0 Å². The summed E-state index contributed by atoms with van der Waals surface area (Å²) < 4.78 is 38.3. The SMILES string of the molecule is C=C(C)/C(C)=C(\N(C)C(=C)C)C(F)(F)F. The van der Waals surface area contributed by atoms with Crippen molar-refractivity contribution in [1.82, 2.24) is 4.90 Å². The summed E-state index contributed by atoms with van der Waals surface area (Å²) in [5.41, 5.74) is 0.161. The van der Waals surface area contributed by atoms with Crippen LogP contribution < -0.4 is 0 Å². The molecule has 0 aromatic heterocycles. The van der Waals surface area contributed by atoms with Crippen molar-refractivity contribution in [2.24, 2.45) is 0 Å². The highest BCUT2D eigenvalue weighted by atomic mass is 19.4. The highest BCUT2D eigenvalue weighted by Gasteiger charge is 2.38. The highest BCUT2D eigenvalue weighted by molar-refractivity contribution is 5.33. The van der Waals surface area contributed by atoms with Crippen molar-refractivity contribution in [3.8, 4) is 0 Å². The maximum absolute atomic E-state index is 12.8. The first-order chi connectivity index (χ1) is 6.59. The van der Waals surface area contributed by atoms with Gasteiger partial charge in [-0.3, -0.25) is 0 Å². The molecule has 0 saturated heterocycles. The van der Waals surface area contributed by atoms with E-state index >= 15 is 0 Å². The van der Waals surface area contributed by atoms with Crippen LogP contribution in [0.2, 0.25) is 0 Å². The number of hydrogen-bond acceptors (Lipinski definition) is 1. The Bertz CT molecular complexity index is 310. The molecule has 4 heteroatoms. The van der Waals surface area contributed by atoms with Crippen molar-refractivity contribution in [3.63, 3.8) is 0 Å². The summed E-state index contributed by atoms with van der Waals surface area (Å²) >= 11 is 0. The van der Waals surface area contributed by atoms with E-state index in [1.165, 1.54) is 20.9 Å². The molecule has 0 unspecified atom stereocenters. The maximum Gasteiger partial charge on any atom is 0.431 e. The Kier molecular flexibility index (Phi) is 4.19. The predicted octanol–water partition coefficient (Wildman–Crippen LogP) is 3.86. The zero-order valence-electron chi connectivity index (χ0n) is 9.50. The summed E-state index contributed by atoms with van der Waals surface area (Å²) in [5, 5.41) is 0. The van der Waals surface area contributed by atoms with Gasteiger partial charge in [0.1, 0.15) is 5.70 Å². The molecule has 0 aromatic carbocycles. The fourth-order valence-electron chi connectivity index (χ4n) is 1.05. The van der Waals surface area contributed by atoms with Crippen molar-refractivity contribution >= 4 is 0 Å². The summed E-state index contributed by atoms with van der Waals surface area (Å²) in [5.74, 6) is 0. The second-order valence-corrected chi connectivity index (χ2v) is 3.55. The second kappa shape index (κ2) is 4.55. The highest BCUT2D eigenvalue weighted by Crippen LogP contribution is 2.33. The van der Waals surface area contributed by atoms with Gasteiger partial charge in [-0.2, -0.15) is 13.2 Å². The summed E-state index contributed by atoms with van der Waals surface area (Å²) in [6.07, 6.45) is -4.39. The fraction of sp³-hybridized carbons (Fsp3) is 0.455. The normalized spacial score (nSPS) is 13.3. The van der Waals surface area contributed by atoms with E-state index in [0.717, 1.165) is 4.90 Å². The van der Waals surface area contributed by atoms with Gasteiger partial charge >= 0.3 is 6.18 Å².